The predicted molar refractivity (Wildman–Crippen MR) is 33.2 cm³/mol. The summed E-state index contributed by atoms with van der Waals surface area (Å²) in [4.78, 5) is 0. The molecule has 0 saturated carbocycles. The number of halogens is 6. The molecule has 0 aromatic rings. The van der Waals surface area contributed by atoms with Crippen molar-refractivity contribution in [2.75, 3.05) is 5.75 Å². The summed E-state index contributed by atoms with van der Waals surface area (Å²) in [6.07, 6.45) is -7.65. The molecular weight excluding hydrogens is 238 g/mol. The lowest BCUT2D eigenvalue weighted by Gasteiger charge is -2.27. The van der Waals surface area contributed by atoms with E-state index >= 15 is 0 Å². The van der Waals surface area contributed by atoms with E-state index in [0.29, 0.717) is 0 Å². The third-order valence-corrected chi connectivity index (χ3v) is 3.86. The number of hydrogen-bond donors (Lipinski definition) is 0. The van der Waals surface area contributed by atoms with Crippen molar-refractivity contribution in [3.63, 3.8) is 0 Å². The molecule has 0 spiro atoms. The van der Waals surface area contributed by atoms with Gasteiger partial charge in [-0.05, 0) is 0 Å². The van der Waals surface area contributed by atoms with Crippen LogP contribution in [-0.4, -0.2) is 31.3 Å². The van der Waals surface area contributed by atoms with Crippen LogP contribution in [-0.2, 0) is 9.84 Å². The number of rotatable bonds is 0. The van der Waals surface area contributed by atoms with Crippen LogP contribution in [0, 0.1) is 0 Å². The normalized spacial score (nSPS) is 35.9. The zero-order valence-corrected chi connectivity index (χ0v) is 7.22. The fraction of sp³-hybridized carbons (Fsp3) is 1.00. The van der Waals surface area contributed by atoms with Gasteiger partial charge < -0.3 is 0 Å². The Balaban J connectivity index is 3.32. The van der Waals surface area contributed by atoms with Crippen molar-refractivity contribution in [2.24, 2.45) is 0 Å². The highest BCUT2D eigenvalue weighted by atomic mass is 32.2. The van der Waals surface area contributed by atoms with Crippen molar-refractivity contribution in [3.05, 3.63) is 0 Å². The van der Waals surface area contributed by atoms with E-state index in [1.165, 1.54) is 0 Å². The molecule has 1 unspecified atom stereocenters. The average molecular weight is 242 g/mol. The van der Waals surface area contributed by atoms with Crippen LogP contribution in [0.5, 0.6) is 0 Å². The van der Waals surface area contributed by atoms with Gasteiger partial charge in [0.25, 0.3) is 5.67 Å². The molecule has 2 nitrogen and oxygen atoms in total. The lowest BCUT2D eigenvalue weighted by Crippen LogP contribution is -2.53. The molecule has 9 heteroatoms. The largest absolute Gasteiger partial charge is 0.429 e. The van der Waals surface area contributed by atoms with Crippen LogP contribution in [0.15, 0.2) is 0 Å². The minimum absolute atomic E-state index is 1.50. The number of sulfone groups is 1. The molecule has 0 radical (unpaired) electrons. The monoisotopic (exact) mass is 242 g/mol. The van der Waals surface area contributed by atoms with Crippen molar-refractivity contribution in [1.82, 2.24) is 0 Å². The van der Waals surface area contributed by atoms with Gasteiger partial charge in [0.05, 0.1) is 5.75 Å². The van der Waals surface area contributed by atoms with Gasteiger partial charge in [0.2, 0.25) is 9.84 Å². The predicted octanol–water partition coefficient (Wildman–Crippen LogP) is 1.67. The third-order valence-electron chi connectivity index (χ3n) is 2.02. The summed E-state index contributed by atoms with van der Waals surface area (Å²) in [5.74, 6) is -1.50. The Bertz CT molecular complexity index is 344. The summed E-state index contributed by atoms with van der Waals surface area (Å²) in [5, 5.41) is -5.39. The topological polar surface area (TPSA) is 34.1 Å². The summed E-state index contributed by atoms with van der Waals surface area (Å²) in [6, 6.07) is 0. The molecule has 0 aliphatic carbocycles. The first kappa shape index (κ1) is 11.6. The Morgan fingerprint density at radius 1 is 1.07 bits per heavy atom. The van der Waals surface area contributed by atoms with Gasteiger partial charge in [-0.1, -0.05) is 0 Å². The molecule has 1 rings (SSSR count). The van der Waals surface area contributed by atoms with E-state index in [1.54, 1.807) is 0 Å². The van der Waals surface area contributed by atoms with Crippen LogP contribution in [0.3, 0.4) is 0 Å². The van der Waals surface area contributed by atoms with E-state index in [1.807, 2.05) is 0 Å². The molecule has 1 fully saturated rings. The van der Waals surface area contributed by atoms with Gasteiger partial charge in [-0.15, -0.1) is 0 Å². The Morgan fingerprint density at radius 2 is 1.50 bits per heavy atom. The molecule has 0 bridgehead atoms. The molecule has 1 aliphatic rings. The maximum Gasteiger partial charge on any atom is 0.429 e. The molecule has 1 heterocycles. The first-order chi connectivity index (χ1) is 5.96. The molecule has 1 atom stereocenters. The lowest BCUT2D eigenvalue weighted by atomic mass is 10.0. The first-order valence-corrected chi connectivity index (χ1v) is 4.97. The molecule has 0 aromatic carbocycles. The van der Waals surface area contributed by atoms with Gasteiger partial charge in [0.1, 0.15) is 0 Å². The van der Waals surface area contributed by atoms with Gasteiger partial charge in [-0.3, -0.25) is 0 Å². The van der Waals surface area contributed by atoms with Crippen LogP contribution in [0.25, 0.3) is 0 Å². The summed E-state index contributed by atoms with van der Waals surface area (Å²) in [6.45, 7) is 0. The molecule has 0 aromatic heterocycles. The van der Waals surface area contributed by atoms with E-state index in [0.717, 1.165) is 0 Å². The van der Waals surface area contributed by atoms with E-state index < -0.39 is 39.1 Å². The Morgan fingerprint density at radius 3 is 1.64 bits per heavy atom. The maximum atomic E-state index is 12.8. The van der Waals surface area contributed by atoms with Gasteiger partial charge in [0, 0.05) is 6.42 Å². The highest BCUT2D eigenvalue weighted by Crippen LogP contribution is 2.54. The number of alkyl halides is 6. The Kier molecular flexibility index (Phi) is 2.12. The Hall–Kier alpha value is -0.470. The fourth-order valence-corrected chi connectivity index (χ4v) is 2.62. The van der Waals surface area contributed by atoms with E-state index in [-0.39, 0.29) is 0 Å². The molecule has 0 N–H and O–H groups in total. The minimum atomic E-state index is -5.89. The molecule has 1 saturated heterocycles. The molecule has 84 valence electrons. The molecule has 0 amide bonds. The highest BCUT2D eigenvalue weighted by Gasteiger charge is 2.79. The van der Waals surface area contributed by atoms with E-state index in [2.05, 4.69) is 0 Å². The highest BCUT2D eigenvalue weighted by molar-refractivity contribution is 7.92. The van der Waals surface area contributed by atoms with E-state index in [4.69, 9.17) is 0 Å². The second-order valence-electron chi connectivity index (χ2n) is 2.88. The second kappa shape index (κ2) is 2.56. The van der Waals surface area contributed by atoms with E-state index in [9.17, 15) is 34.8 Å². The summed E-state index contributed by atoms with van der Waals surface area (Å²) >= 11 is 0. The maximum absolute atomic E-state index is 12.8. The van der Waals surface area contributed by atoms with Crippen LogP contribution < -0.4 is 0 Å². The van der Waals surface area contributed by atoms with Crippen LogP contribution in [0.1, 0.15) is 6.42 Å². The van der Waals surface area contributed by atoms with Gasteiger partial charge in [-0.2, -0.15) is 22.0 Å². The third kappa shape index (κ3) is 1.14. The minimum Gasteiger partial charge on any atom is -0.226 e. The lowest BCUT2D eigenvalue weighted by molar-refractivity contribution is -0.274. The fourth-order valence-electron chi connectivity index (χ4n) is 1.10. The van der Waals surface area contributed by atoms with Crippen LogP contribution in [0.4, 0.5) is 26.3 Å². The quantitative estimate of drug-likeness (QED) is 0.605. The van der Waals surface area contributed by atoms with Crippen LogP contribution >= 0.6 is 0 Å². The smallest absolute Gasteiger partial charge is 0.226 e. The van der Waals surface area contributed by atoms with Gasteiger partial charge in [0.15, 0.2) is 0 Å². The number of hydrogen-bond acceptors (Lipinski definition) is 2. The summed E-state index contributed by atoms with van der Waals surface area (Å²) < 4.78 is 94.5. The van der Waals surface area contributed by atoms with Crippen molar-refractivity contribution in [3.8, 4) is 0 Å². The molecular formula is C5H4F6O2S. The molecule has 14 heavy (non-hydrogen) atoms. The van der Waals surface area contributed by atoms with Crippen LogP contribution in [0.2, 0.25) is 0 Å². The first-order valence-electron chi connectivity index (χ1n) is 3.31. The summed E-state index contributed by atoms with van der Waals surface area (Å²) in [5.41, 5.74) is -4.96. The zero-order valence-electron chi connectivity index (χ0n) is 6.41. The van der Waals surface area contributed by atoms with Gasteiger partial charge in [-0.25, -0.2) is 12.8 Å². The SMILES string of the molecule is O=S1(=O)CCC(F)(C(F)(F)F)C1(F)F. The molecule has 1 aliphatic heterocycles. The summed E-state index contributed by atoms with van der Waals surface area (Å²) in [7, 11) is -5.34. The second-order valence-corrected chi connectivity index (χ2v) is 5.04. The zero-order chi connectivity index (χ0) is 11.4. The van der Waals surface area contributed by atoms with Crippen molar-refractivity contribution < 1.29 is 34.8 Å². The van der Waals surface area contributed by atoms with Crippen molar-refractivity contribution in [1.29, 1.82) is 0 Å². The Labute approximate surface area is 74.8 Å². The van der Waals surface area contributed by atoms with Crippen molar-refractivity contribution in [2.45, 2.75) is 23.5 Å². The van der Waals surface area contributed by atoms with Gasteiger partial charge >= 0.3 is 11.4 Å². The standard InChI is InChI=1S/C5H4F6O2S/c6-3(4(7,8)9)1-2-14(12,13)5(3,10)11/h1-2H2. The van der Waals surface area contributed by atoms with Crippen molar-refractivity contribution >= 4 is 9.84 Å². The average Bonchev–Trinajstić information content (AvgIpc) is 2.10.